The second-order valence-electron chi connectivity index (χ2n) is 6.95. The monoisotopic (exact) mass is 396 g/mol. The Bertz CT molecular complexity index is 808. The summed E-state index contributed by atoms with van der Waals surface area (Å²) in [6.07, 6.45) is 1.52. The van der Waals surface area contributed by atoms with Gasteiger partial charge in [0, 0.05) is 24.7 Å². The largest absolute Gasteiger partial charge is 0.380 e. The zero-order valence-corrected chi connectivity index (χ0v) is 16.3. The number of ether oxygens (including phenoxy) is 1. The number of hydrogen-bond donors (Lipinski definition) is 2. The van der Waals surface area contributed by atoms with Crippen molar-refractivity contribution in [2.45, 2.75) is 25.5 Å². The minimum Gasteiger partial charge on any atom is -0.380 e. The summed E-state index contributed by atoms with van der Waals surface area (Å²) in [5, 5.41) is 10.2. The van der Waals surface area contributed by atoms with Gasteiger partial charge in [-0.15, -0.1) is 0 Å². The molecule has 2 N–H and O–H groups in total. The van der Waals surface area contributed by atoms with Gasteiger partial charge in [-0.1, -0.05) is 35.3 Å². The first-order valence-corrected chi connectivity index (χ1v) is 9.22. The maximum Gasteiger partial charge on any atom is 0.285 e. The highest BCUT2D eigenvalue weighted by atomic mass is 35.5. The van der Waals surface area contributed by atoms with Crippen molar-refractivity contribution in [2.75, 3.05) is 31.6 Å². The summed E-state index contributed by atoms with van der Waals surface area (Å²) in [5.74, 6) is 0. The number of aromatic nitrogens is 2. The van der Waals surface area contributed by atoms with Gasteiger partial charge < -0.3 is 10.1 Å². The SMILES string of the molecule is CC1(C)CN(C(CNc2cn[nH]c(=O)c2Cl)c2ccc(Cl)cc2)CCO1. The van der Waals surface area contributed by atoms with Crippen molar-refractivity contribution in [3.05, 3.63) is 56.4 Å². The van der Waals surface area contributed by atoms with Gasteiger partial charge in [-0.05, 0) is 31.5 Å². The smallest absolute Gasteiger partial charge is 0.285 e. The lowest BCUT2D eigenvalue weighted by atomic mass is 10.0. The fraction of sp³-hybridized carbons (Fsp3) is 0.444. The lowest BCUT2D eigenvalue weighted by Gasteiger charge is -2.42. The molecule has 0 amide bonds. The van der Waals surface area contributed by atoms with Gasteiger partial charge in [0.1, 0.15) is 5.02 Å². The summed E-state index contributed by atoms with van der Waals surface area (Å²) >= 11 is 12.1. The molecule has 2 aromatic rings. The van der Waals surface area contributed by atoms with E-state index in [-0.39, 0.29) is 16.7 Å². The van der Waals surface area contributed by atoms with Gasteiger partial charge in [0.15, 0.2) is 0 Å². The first kappa shape index (κ1) is 19.2. The van der Waals surface area contributed by atoms with Crippen LogP contribution in [0.3, 0.4) is 0 Å². The Morgan fingerprint density at radius 2 is 2.08 bits per heavy atom. The van der Waals surface area contributed by atoms with Crippen LogP contribution >= 0.6 is 23.2 Å². The van der Waals surface area contributed by atoms with Crippen molar-refractivity contribution in [3.8, 4) is 0 Å². The molecule has 0 radical (unpaired) electrons. The standard InChI is InChI=1S/C18H22Cl2N4O2/c1-18(2)11-24(7-8-26-18)15(12-3-5-13(19)6-4-12)10-21-14-9-22-23-17(25)16(14)20/h3-6,9,15H,7-8,10-11H2,1-2H3,(H2,21,23,25). The number of rotatable bonds is 5. The van der Waals surface area contributed by atoms with E-state index in [1.54, 1.807) is 0 Å². The number of aromatic amines is 1. The van der Waals surface area contributed by atoms with Crippen molar-refractivity contribution in [1.82, 2.24) is 15.1 Å². The molecule has 1 aliphatic rings. The first-order chi connectivity index (χ1) is 12.4. The van der Waals surface area contributed by atoms with E-state index in [0.717, 1.165) is 18.7 Å². The quantitative estimate of drug-likeness (QED) is 0.810. The normalized spacial score (nSPS) is 18.5. The van der Waals surface area contributed by atoms with Crippen LogP contribution in [0.1, 0.15) is 25.5 Å². The van der Waals surface area contributed by atoms with Crippen molar-refractivity contribution in [2.24, 2.45) is 0 Å². The molecule has 6 nitrogen and oxygen atoms in total. The molecule has 1 unspecified atom stereocenters. The number of nitrogens with one attached hydrogen (secondary N) is 2. The number of benzene rings is 1. The molecule has 1 fully saturated rings. The summed E-state index contributed by atoms with van der Waals surface area (Å²) in [4.78, 5) is 14.0. The third-order valence-electron chi connectivity index (χ3n) is 4.43. The third-order valence-corrected chi connectivity index (χ3v) is 5.06. The number of H-pyrrole nitrogens is 1. The molecule has 140 valence electrons. The van der Waals surface area contributed by atoms with E-state index in [2.05, 4.69) is 34.3 Å². The lowest BCUT2D eigenvalue weighted by molar-refractivity contribution is -0.0963. The highest BCUT2D eigenvalue weighted by molar-refractivity contribution is 6.32. The molecular weight excluding hydrogens is 375 g/mol. The fourth-order valence-electron chi connectivity index (χ4n) is 3.18. The number of hydrogen-bond acceptors (Lipinski definition) is 5. The Kier molecular flexibility index (Phi) is 5.87. The molecule has 0 saturated carbocycles. The Balaban J connectivity index is 1.84. The van der Waals surface area contributed by atoms with Gasteiger partial charge in [0.05, 0.1) is 30.1 Å². The highest BCUT2D eigenvalue weighted by Crippen LogP contribution is 2.28. The summed E-state index contributed by atoms with van der Waals surface area (Å²) in [5.41, 5.74) is 1.02. The van der Waals surface area contributed by atoms with Gasteiger partial charge in [0.25, 0.3) is 5.56 Å². The van der Waals surface area contributed by atoms with Crippen LogP contribution in [-0.2, 0) is 4.74 Å². The fourth-order valence-corrected chi connectivity index (χ4v) is 3.46. The van der Waals surface area contributed by atoms with E-state index in [0.29, 0.717) is 23.9 Å². The van der Waals surface area contributed by atoms with E-state index >= 15 is 0 Å². The molecule has 8 heteroatoms. The van der Waals surface area contributed by atoms with E-state index in [4.69, 9.17) is 27.9 Å². The van der Waals surface area contributed by atoms with Gasteiger partial charge in [0.2, 0.25) is 0 Å². The molecule has 0 bridgehead atoms. The second kappa shape index (κ2) is 7.96. The number of anilines is 1. The van der Waals surface area contributed by atoms with Gasteiger partial charge >= 0.3 is 0 Å². The van der Waals surface area contributed by atoms with Crippen LogP contribution in [-0.4, -0.2) is 46.9 Å². The van der Waals surface area contributed by atoms with E-state index in [1.165, 1.54) is 6.20 Å². The van der Waals surface area contributed by atoms with Crippen molar-refractivity contribution in [3.63, 3.8) is 0 Å². The maximum atomic E-state index is 11.6. The Hall–Kier alpha value is -1.60. The van der Waals surface area contributed by atoms with Crippen LogP contribution in [0.15, 0.2) is 35.3 Å². The minimum absolute atomic E-state index is 0.0748. The van der Waals surface area contributed by atoms with Crippen LogP contribution in [0, 0.1) is 0 Å². The molecule has 0 spiro atoms. The lowest BCUT2D eigenvalue weighted by Crippen LogP contribution is -2.50. The molecule has 1 aromatic carbocycles. The molecular formula is C18H22Cl2N4O2. The van der Waals surface area contributed by atoms with Crippen LogP contribution in [0.5, 0.6) is 0 Å². The van der Waals surface area contributed by atoms with E-state index in [1.807, 2.05) is 24.3 Å². The topological polar surface area (TPSA) is 70.2 Å². The highest BCUT2D eigenvalue weighted by Gasteiger charge is 2.32. The van der Waals surface area contributed by atoms with Crippen molar-refractivity contribution < 1.29 is 4.74 Å². The summed E-state index contributed by atoms with van der Waals surface area (Å²) in [6.45, 7) is 7.03. The zero-order valence-electron chi connectivity index (χ0n) is 14.8. The predicted molar refractivity (Wildman–Crippen MR) is 104 cm³/mol. The zero-order chi connectivity index (χ0) is 18.7. The number of halogens is 2. The average molecular weight is 397 g/mol. The van der Waals surface area contributed by atoms with E-state index in [9.17, 15) is 4.79 Å². The van der Waals surface area contributed by atoms with Crippen LogP contribution in [0.25, 0.3) is 0 Å². The second-order valence-corrected chi connectivity index (χ2v) is 7.77. The maximum absolute atomic E-state index is 11.6. The van der Waals surface area contributed by atoms with Crippen LogP contribution < -0.4 is 10.9 Å². The average Bonchev–Trinajstić information content (AvgIpc) is 2.59. The van der Waals surface area contributed by atoms with Crippen molar-refractivity contribution >= 4 is 28.9 Å². The third kappa shape index (κ3) is 4.57. The predicted octanol–water partition coefficient (Wildman–Crippen LogP) is 3.34. The van der Waals surface area contributed by atoms with Gasteiger partial charge in [-0.25, -0.2) is 5.10 Å². The molecule has 1 atom stereocenters. The number of morpholine rings is 1. The molecule has 1 aromatic heterocycles. The molecule has 26 heavy (non-hydrogen) atoms. The summed E-state index contributed by atoms with van der Waals surface area (Å²) in [6, 6.07) is 7.89. The van der Waals surface area contributed by atoms with Crippen molar-refractivity contribution in [1.29, 1.82) is 0 Å². The van der Waals surface area contributed by atoms with E-state index < -0.39 is 5.56 Å². The molecule has 0 aliphatic carbocycles. The molecule has 1 aliphatic heterocycles. The van der Waals surface area contributed by atoms with Crippen LogP contribution in [0.2, 0.25) is 10.0 Å². The Morgan fingerprint density at radius 3 is 2.77 bits per heavy atom. The Labute approximate surface area is 162 Å². The minimum atomic E-state index is -0.410. The molecule has 1 saturated heterocycles. The molecule has 3 rings (SSSR count). The Morgan fingerprint density at radius 1 is 1.35 bits per heavy atom. The van der Waals surface area contributed by atoms with Gasteiger partial charge in [-0.3, -0.25) is 9.69 Å². The number of nitrogens with zero attached hydrogens (tertiary/aromatic N) is 2. The van der Waals surface area contributed by atoms with Crippen LogP contribution in [0.4, 0.5) is 5.69 Å². The van der Waals surface area contributed by atoms with Gasteiger partial charge in [-0.2, -0.15) is 5.10 Å². The summed E-state index contributed by atoms with van der Waals surface area (Å²) < 4.78 is 5.84. The molecule has 2 heterocycles. The first-order valence-electron chi connectivity index (χ1n) is 8.46. The summed E-state index contributed by atoms with van der Waals surface area (Å²) in [7, 11) is 0.